The maximum Gasteiger partial charge on any atom is 0.257 e. The van der Waals surface area contributed by atoms with E-state index in [2.05, 4.69) is 16.0 Å². The Morgan fingerprint density at radius 1 is 0.923 bits per heavy atom. The summed E-state index contributed by atoms with van der Waals surface area (Å²) in [6.45, 7) is 5.85. The molecule has 2 rings (SSSR count). The van der Waals surface area contributed by atoms with Crippen LogP contribution in [-0.2, 0) is 4.79 Å². The predicted octanol–water partition coefficient (Wildman–Crippen LogP) is 4.17. The van der Waals surface area contributed by atoms with Gasteiger partial charge in [-0.1, -0.05) is 24.1 Å². The third kappa shape index (κ3) is 5.97. The summed E-state index contributed by atoms with van der Waals surface area (Å²) < 4.78 is 0. The van der Waals surface area contributed by atoms with Gasteiger partial charge in [-0.2, -0.15) is 0 Å². The molecule has 0 aliphatic rings. The van der Waals surface area contributed by atoms with Crippen molar-refractivity contribution < 1.29 is 9.59 Å². The minimum Gasteiger partial charge on any atom is -0.332 e. The normalized spacial score (nSPS) is 10.1. The highest BCUT2D eigenvalue weighted by Crippen LogP contribution is 2.14. The summed E-state index contributed by atoms with van der Waals surface area (Å²) in [5.41, 5.74) is 4.06. The van der Waals surface area contributed by atoms with E-state index in [9.17, 15) is 9.59 Å². The largest absolute Gasteiger partial charge is 0.332 e. The average Bonchev–Trinajstić information content (AvgIpc) is 2.56. The molecule has 2 aromatic carbocycles. The zero-order valence-corrected chi connectivity index (χ0v) is 16.0. The second-order valence-electron chi connectivity index (χ2n) is 6.16. The monoisotopic (exact) mass is 369 g/mol. The maximum absolute atomic E-state index is 12.3. The third-order valence-electron chi connectivity index (χ3n) is 3.61. The van der Waals surface area contributed by atoms with E-state index in [1.54, 1.807) is 24.3 Å². The van der Waals surface area contributed by atoms with Crippen LogP contribution in [0, 0.1) is 13.8 Å². The van der Waals surface area contributed by atoms with E-state index in [1.165, 1.54) is 0 Å². The molecule has 136 valence electrons. The van der Waals surface area contributed by atoms with E-state index < -0.39 is 0 Å². The molecule has 5 nitrogen and oxygen atoms in total. The SMILES string of the molecule is CCCC(=O)Nc1ccc(NC(=S)NC(=O)c2cc(C)cc(C)c2)cc1. The van der Waals surface area contributed by atoms with Crippen molar-refractivity contribution in [1.82, 2.24) is 5.32 Å². The molecular formula is C20H23N3O2S. The Morgan fingerprint density at radius 2 is 1.46 bits per heavy atom. The van der Waals surface area contributed by atoms with Gasteiger partial charge in [-0.25, -0.2) is 0 Å². The lowest BCUT2D eigenvalue weighted by Gasteiger charge is -2.11. The van der Waals surface area contributed by atoms with Crippen molar-refractivity contribution in [2.24, 2.45) is 0 Å². The molecule has 2 aromatic rings. The van der Waals surface area contributed by atoms with Gasteiger partial charge in [0.2, 0.25) is 5.91 Å². The van der Waals surface area contributed by atoms with Crippen molar-refractivity contribution in [3.8, 4) is 0 Å². The molecule has 0 saturated heterocycles. The van der Waals surface area contributed by atoms with Crippen LogP contribution in [0.1, 0.15) is 41.3 Å². The first-order chi connectivity index (χ1) is 12.4. The molecule has 0 spiro atoms. The Hall–Kier alpha value is -2.73. The Balaban J connectivity index is 1.93. The minimum atomic E-state index is -0.252. The molecule has 0 unspecified atom stereocenters. The number of hydrogen-bond acceptors (Lipinski definition) is 3. The van der Waals surface area contributed by atoms with Crippen LogP contribution in [0.2, 0.25) is 0 Å². The van der Waals surface area contributed by atoms with Gasteiger partial charge in [-0.15, -0.1) is 0 Å². The van der Waals surface area contributed by atoms with E-state index >= 15 is 0 Å². The molecule has 0 heterocycles. The first-order valence-electron chi connectivity index (χ1n) is 8.48. The van der Waals surface area contributed by atoms with E-state index in [1.807, 2.05) is 39.0 Å². The van der Waals surface area contributed by atoms with Crippen molar-refractivity contribution in [3.05, 3.63) is 59.2 Å². The lowest BCUT2D eigenvalue weighted by Crippen LogP contribution is -2.34. The van der Waals surface area contributed by atoms with Gasteiger partial charge in [0.15, 0.2) is 5.11 Å². The molecule has 0 radical (unpaired) electrons. The molecule has 6 heteroatoms. The molecular weight excluding hydrogens is 346 g/mol. The van der Waals surface area contributed by atoms with E-state index in [0.29, 0.717) is 12.0 Å². The van der Waals surface area contributed by atoms with Crippen molar-refractivity contribution in [3.63, 3.8) is 0 Å². The molecule has 0 aliphatic carbocycles. The number of benzene rings is 2. The minimum absolute atomic E-state index is 0.00978. The van der Waals surface area contributed by atoms with Gasteiger partial charge in [-0.3, -0.25) is 14.9 Å². The van der Waals surface area contributed by atoms with Crippen LogP contribution in [0.25, 0.3) is 0 Å². The first-order valence-corrected chi connectivity index (χ1v) is 8.88. The molecule has 0 atom stereocenters. The molecule has 26 heavy (non-hydrogen) atoms. The van der Waals surface area contributed by atoms with Gasteiger partial charge in [0.25, 0.3) is 5.91 Å². The summed E-state index contributed by atoms with van der Waals surface area (Å²) >= 11 is 5.20. The Bertz CT molecular complexity index is 796. The molecule has 0 saturated carbocycles. The molecule has 0 aromatic heterocycles. The van der Waals surface area contributed by atoms with Crippen molar-refractivity contribution >= 4 is 40.5 Å². The first kappa shape index (κ1) is 19.6. The fourth-order valence-corrected chi connectivity index (χ4v) is 2.74. The maximum atomic E-state index is 12.3. The Morgan fingerprint density at radius 3 is 2.00 bits per heavy atom. The van der Waals surface area contributed by atoms with Crippen LogP contribution in [0.15, 0.2) is 42.5 Å². The van der Waals surface area contributed by atoms with Crippen LogP contribution in [0.5, 0.6) is 0 Å². The summed E-state index contributed by atoms with van der Waals surface area (Å²) in [4.78, 5) is 23.9. The van der Waals surface area contributed by atoms with Gasteiger partial charge in [-0.05, 0) is 68.9 Å². The lowest BCUT2D eigenvalue weighted by atomic mass is 10.1. The van der Waals surface area contributed by atoms with E-state index in [4.69, 9.17) is 12.2 Å². The zero-order chi connectivity index (χ0) is 19.1. The predicted molar refractivity (Wildman–Crippen MR) is 110 cm³/mol. The average molecular weight is 369 g/mol. The highest BCUT2D eigenvalue weighted by molar-refractivity contribution is 7.80. The topological polar surface area (TPSA) is 70.2 Å². The molecule has 2 amide bonds. The number of carbonyl (C=O) groups excluding carboxylic acids is 2. The van der Waals surface area contributed by atoms with Crippen LogP contribution in [0.3, 0.4) is 0 Å². The van der Waals surface area contributed by atoms with E-state index in [0.717, 1.165) is 28.9 Å². The van der Waals surface area contributed by atoms with Gasteiger partial charge >= 0.3 is 0 Å². The van der Waals surface area contributed by atoms with Crippen molar-refractivity contribution in [2.75, 3.05) is 10.6 Å². The summed E-state index contributed by atoms with van der Waals surface area (Å²) in [5.74, 6) is -0.262. The third-order valence-corrected chi connectivity index (χ3v) is 3.82. The van der Waals surface area contributed by atoms with Crippen LogP contribution >= 0.6 is 12.2 Å². The molecule has 0 aliphatic heterocycles. The van der Waals surface area contributed by atoms with Gasteiger partial charge in [0.05, 0.1) is 0 Å². The summed E-state index contributed by atoms with van der Waals surface area (Å²) in [7, 11) is 0. The van der Waals surface area contributed by atoms with Crippen molar-refractivity contribution in [1.29, 1.82) is 0 Å². The fraction of sp³-hybridized carbons (Fsp3) is 0.250. The number of aryl methyl sites for hydroxylation is 2. The number of thiocarbonyl (C=S) groups is 1. The summed E-state index contributed by atoms with van der Waals surface area (Å²) in [6, 6.07) is 12.8. The second kappa shape index (κ2) is 9.10. The van der Waals surface area contributed by atoms with Crippen molar-refractivity contribution in [2.45, 2.75) is 33.6 Å². The standard InChI is InChI=1S/C20H23N3O2S/c1-4-5-18(24)21-16-6-8-17(9-7-16)22-20(26)23-19(25)15-11-13(2)10-14(3)12-15/h6-12H,4-5H2,1-3H3,(H,21,24)(H2,22,23,25,26). The number of nitrogens with one attached hydrogen (secondary N) is 3. The number of rotatable bonds is 5. The van der Waals surface area contributed by atoms with Gasteiger partial charge < -0.3 is 10.6 Å². The number of hydrogen-bond donors (Lipinski definition) is 3. The number of anilines is 2. The van der Waals surface area contributed by atoms with Gasteiger partial charge in [0.1, 0.15) is 0 Å². The number of carbonyl (C=O) groups is 2. The van der Waals surface area contributed by atoms with E-state index in [-0.39, 0.29) is 16.9 Å². The molecule has 0 fully saturated rings. The highest BCUT2D eigenvalue weighted by Gasteiger charge is 2.09. The quantitative estimate of drug-likeness (QED) is 0.692. The molecule has 0 bridgehead atoms. The fourth-order valence-electron chi connectivity index (χ4n) is 2.53. The van der Waals surface area contributed by atoms with Crippen LogP contribution < -0.4 is 16.0 Å². The Labute approximate surface area is 159 Å². The lowest BCUT2D eigenvalue weighted by molar-refractivity contribution is -0.116. The number of amides is 2. The Kier molecular flexibility index (Phi) is 6.86. The zero-order valence-electron chi connectivity index (χ0n) is 15.2. The smallest absolute Gasteiger partial charge is 0.257 e. The molecule has 3 N–H and O–H groups in total. The van der Waals surface area contributed by atoms with Crippen LogP contribution in [0.4, 0.5) is 11.4 Å². The summed E-state index contributed by atoms with van der Waals surface area (Å²) in [5, 5.41) is 8.68. The summed E-state index contributed by atoms with van der Waals surface area (Å²) in [6.07, 6.45) is 1.30. The second-order valence-corrected chi connectivity index (χ2v) is 6.57. The highest BCUT2D eigenvalue weighted by atomic mass is 32.1. The van der Waals surface area contributed by atoms with Gasteiger partial charge in [0, 0.05) is 23.4 Å². The van der Waals surface area contributed by atoms with Crippen LogP contribution in [-0.4, -0.2) is 16.9 Å².